The average Bonchev–Trinajstić information content (AvgIpc) is 2.17. The molecule has 0 heterocycles. The van der Waals surface area contributed by atoms with E-state index in [1.807, 2.05) is 0 Å². The highest BCUT2D eigenvalue weighted by Crippen LogP contribution is 2.18. The molecule has 0 aliphatic heterocycles. The fraction of sp³-hybridized carbons (Fsp3) is 0.333. The number of ether oxygens (including phenoxy) is 1. The van der Waals surface area contributed by atoms with Crippen LogP contribution < -0.4 is 4.74 Å². The molecular formula is C9H12O4S. The van der Waals surface area contributed by atoms with Gasteiger partial charge in [0.2, 0.25) is 9.84 Å². The second-order valence-electron chi connectivity index (χ2n) is 2.82. The van der Waals surface area contributed by atoms with Crippen molar-refractivity contribution in [3.05, 3.63) is 24.3 Å². The van der Waals surface area contributed by atoms with Crippen LogP contribution in [0.2, 0.25) is 0 Å². The summed E-state index contributed by atoms with van der Waals surface area (Å²) in [6.45, 7) is 1.22. The summed E-state index contributed by atoms with van der Waals surface area (Å²) in [6.07, 6.45) is 0. The van der Waals surface area contributed by atoms with Crippen LogP contribution in [0.1, 0.15) is 6.92 Å². The van der Waals surface area contributed by atoms with Crippen molar-refractivity contribution in [1.82, 2.24) is 0 Å². The Morgan fingerprint density at radius 1 is 1.29 bits per heavy atom. The minimum absolute atomic E-state index is 0.0910. The van der Waals surface area contributed by atoms with Crippen molar-refractivity contribution in [3.8, 4) is 5.75 Å². The predicted octanol–water partition coefficient (Wildman–Crippen LogP) is 0.807. The highest BCUT2D eigenvalue weighted by atomic mass is 32.2. The summed E-state index contributed by atoms with van der Waals surface area (Å²) >= 11 is 0. The zero-order valence-corrected chi connectivity index (χ0v) is 8.78. The van der Waals surface area contributed by atoms with Gasteiger partial charge in [-0.2, -0.15) is 0 Å². The molecule has 14 heavy (non-hydrogen) atoms. The highest BCUT2D eigenvalue weighted by Gasteiger charge is 2.20. The van der Waals surface area contributed by atoms with E-state index in [0.717, 1.165) is 0 Å². The topological polar surface area (TPSA) is 63.6 Å². The van der Waals surface area contributed by atoms with Crippen molar-refractivity contribution >= 4 is 9.84 Å². The minimum Gasteiger partial charge on any atom is -0.497 e. The Balaban J connectivity index is 3.10. The van der Waals surface area contributed by atoms with Crippen LogP contribution in [0.4, 0.5) is 0 Å². The summed E-state index contributed by atoms with van der Waals surface area (Å²) in [7, 11) is -2.10. The van der Waals surface area contributed by atoms with Crippen molar-refractivity contribution in [1.29, 1.82) is 0 Å². The third-order valence-corrected chi connectivity index (χ3v) is 3.66. The lowest BCUT2D eigenvalue weighted by molar-refractivity contribution is 0.268. The van der Waals surface area contributed by atoms with Crippen molar-refractivity contribution in [2.75, 3.05) is 7.11 Å². The summed E-state index contributed by atoms with van der Waals surface area (Å²) in [6, 6.07) is 5.88. The van der Waals surface area contributed by atoms with Gasteiger partial charge < -0.3 is 9.84 Å². The highest BCUT2D eigenvalue weighted by molar-refractivity contribution is 7.91. The predicted molar refractivity (Wildman–Crippen MR) is 51.9 cm³/mol. The molecule has 0 saturated heterocycles. The third-order valence-electron chi connectivity index (χ3n) is 1.84. The molecule has 1 aromatic rings. The van der Waals surface area contributed by atoms with E-state index in [9.17, 15) is 8.42 Å². The molecule has 0 bridgehead atoms. The van der Waals surface area contributed by atoms with Crippen LogP contribution in [-0.2, 0) is 9.84 Å². The maximum Gasteiger partial charge on any atom is 0.204 e. The van der Waals surface area contributed by atoms with Crippen LogP contribution >= 0.6 is 0 Å². The Hall–Kier alpha value is -1.07. The van der Waals surface area contributed by atoms with Crippen LogP contribution in [0.25, 0.3) is 0 Å². The molecule has 0 fully saturated rings. The Labute approximate surface area is 83.1 Å². The number of hydrogen-bond donors (Lipinski definition) is 1. The zero-order chi connectivity index (χ0) is 10.8. The lowest BCUT2D eigenvalue weighted by Gasteiger charge is -2.07. The van der Waals surface area contributed by atoms with E-state index in [2.05, 4.69) is 0 Å². The molecule has 0 unspecified atom stereocenters. The average molecular weight is 216 g/mol. The first-order valence-electron chi connectivity index (χ1n) is 4.04. The van der Waals surface area contributed by atoms with Crippen molar-refractivity contribution in [2.24, 2.45) is 0 Å². The molecule has 0 aliphatic carbocycles. The summed E-state index contributed by atoms with van der Waals surface area (Å²) in [5.41, 5.74) is -1.39. The number of sulfone groups is 1. The lowest BCUT2D eigenvalue weighted by atomic mass is 10.3. The Bertz CT molecular complexity index is 391. The molecule has 1 aromatic carbocycles. The Morgan fingerprint density at radius 2 is 1.79 bits per heavy atom. The van der Waals surface area contributed by atoms with Gasteiger partial charge in [-0.3, -0.25) is 0 Å². The van der Waals surface area contributed by atoms with Gasteiger partial charge in [-0.25, -0.2) is 8.42 Å². The van der Waals surface area contributed by atoms with Crippen LogP contribution in [0.5, 0.6) is 5.75 Å². The molecular weight excluding hydrogens is 204 g/mol. The second-order valence-corrected chi connectivity index (χ2v) is 5.06. The number of aliphatic hydroxyl groups is 1. The zero-order valence-electron chi connectivity index (χ0n) is 7.97. The SMILES string of the molecule is COc1ccc(S(=O)(=O)[C@@H](C)O)cc1. The van der Waals surface area contributed by atoms with Crippen LogP contribution in [-0.4, -0.2) is 26.1 Å². The van der Waals surface area contributed by atoms with E-state index in [4.69, 9.17) is 9.84 Å². The molecule has 0 spiro atoms. The van der Waals surface area contributed by atoms with E-state index in [1.165, 1.54) is 38.3 Å². The molecule has 0 saturated carbocycles. The van der Waals surface area contributed by atoms with Gasteiger partial charge in [0.05, 0.1) is 12.0 Å². The molecule has 0 radical (unpaired) electrons. The quantitative estimate of drug-likeness (QED) is 0.812. The smallest absolute Gasteiger partial charge is 0.204 e. The van der Waals surface area contributed by atoms with Crippen LogP contribution in [0.3, 0.4) is 0 Å². The van der Waals surface area contributed by atoms with Gasteiger partial charge >= 0.3 is 0 Å². The van der Waals surface area contributed by atoms with Gasteiger partial charge in [0.25, 0.3) is 0 Å². The normalized spacial score (nSPS) is 13.6. The number of rotatable bonds is 3. The summed E-state index contributed by atoms with van der Waals surface area (Å²) in [5.74, 6) is 0.578. The van der Waals surface area contributed by atoms with Gasteiger partial charge in [-0.15, -0.1) is 0 Å². The first kappa shape index (κ1) is 11.0. The monoisotopic (exact) mass is 216 g/mol. The summed E-state index contributed by atoms with van der Waals surface area (Å²) in [4.78, 5) is 0.0910. The lowest BCUT2D eigenvalue weighted by Crippen LogP contribution is -2.16. The largest absolute Gasteiger partial charge is 0.497 e. The molecule has 1 N–H and O–H groups in total. The number of methoxy groups -OCH3 is 1. The Morgan fingerprint density at radius 3 is 2.14 bits per heavy atom. The maximum absolute atomic E-state index is 11.4. The summed E-state index contributed by atoms with van der Waals surface area (Å²) < 4.78 is 27.8. The van der Waals surface area contributed by atoms with Gasteiger partial charge in [-0.1, -0.05) is 0 Å². The van der Waals surface area contributed by atoms with Gasteiger partial charge in [0.1, 0.15) is 5.75 Å². The van der Waals surface area contributed by atoms with E-state index < -0.39 is 15.3 Å². The fourth-order valence-corrected chi connectivity index (χ4v) is 1.87. The molecule has 0 amide bonds. The van der Waals surface area contributed by atoms with Crippen molar-refractivity contribution < 1.29 is 18.3 Å². The number of benzene rings is 1. The van der Waals surface area contributed by atoms with Crippen molar-refractivity contribution in [3.63, 3.8) is 0 Å². The van der Waals surface area contributed by atoms with E-state index in [0.29, 0.717) is 5.75 Å². The Kier molecular flexibility index (Phi) is 3.13. The molecule has 5 heteroatoms. The third kappa shape index (κ3) is 2.05. The second kappa shape index (κ2) is 3.98. The van der Waals surface area contributed by atoms with Gasteiger partial charge in [0, 0.05) is 0 Å². The maximum atomic E-state index is 11.4. The van der Waals surface area contributed by atoms with Crippen LogP contribution in [0.15, 0.2) is 29.2 Å². The molecule has 1 atom stereocenters. The first-order valence-corrected chi connectivity index (χ1v) is 5.59. The minimum atomic E-state index is -3.60. The van der Waals surface area contributed by atoms with E-state index in [-0.39, 0.29) is 4.90 Å². The van der Waals surface area contributed by atoms with Gasteiger partial charge in [0.15, 0.2) is 5.44 Å². The molecule has 1 rings (SSSR count). The molecule has 4 nitrogen and oxygen atoms in total. The van der Waals surface area contributed by atoms with E-state index >= 15 is 0 Å². The summed E-state index contributed by atoms with van der Waals surface area (Å²) in [5, 5.41) is 9.04. The molecule has 0 aromatic heterocycles. The molecule has 78 valence electrons. The fourth-order valence-electron chi connectivity index (χ4n) is 0.962. The number of hydrogen-bond acceptors (Lipinski definition) is 4. The first-order chi connectivity index (χ1) is 6.48. The van der Waals surface area contributed by atoms with Gasteiger partial charge in [-0.05, 0) is 31.2 Å². The number of aliphatic hydroxyl groups excluding tert-OH is 1. The van der Waals surface area contributed by atoms with Crippen LogP contribution in [0, 0.1) is 0 Å². The van der Waals surface area contributed by atoms with E-state index in [1.54, 1.807) is 0 Å². The standard InChI is InChI=1S/C9H12O4S/c1-7(10)14(11,12)9-5-3-8(13-2)4-6-9/h3-7,10H,1-2H3/t7-/m0/s1. The van der Waals surface area contributed by atoms with Crippen molar-refractivity contribution in [2.45, 2.75) is 17.3 Å². The molecule has 0 aliphatic rings.